The quantitative estimate of drug-likeness (QED) is 0.609. The Kier molecular flexibility index (Phi) is 3.35. The van der Waals surface area contributed by atoms with Crippen molar-refractivity contribution in [1.29, 1.82) is 0 Å². The van der Waals surface area contributed by atoms with Gasteiger partial charge < -0.3 is 9.31 Å². The molecule has 1 aromatic heterocycles. The molecular weight excluding hydrogens is 303 g/mol. The minimum atomic E-state index is -0.306. The van der Waals surface area contributed by atoms with E-state index in [2.05, 4.69) is 70.2 Å². The molecule has 0 radical (unpaired) electrons. The van der Waals surface area contributed by atoms with E-state index in [1.165, 1.54) is 20.2 Å². The van der Waals surface area contributed by atoms with E-state index in [0.29, 0.717) is 6.61 Å². The van der Waals surface area contributed by atoms with Crippen molar-refractivity contribution >= 4 is 44.1 Å². The lowest BCUT2D eigenvalue weighted by molar-refractivity contribution is -0.0936. The first-order valence-electron chi connectivity index (χ1n) is 8.09. The molecule has 4 heteroatoms. The topological polar surface area (TPSA) is 18.5 Å². The summed E-state index contributed by atoms with van der Waals surface area (Å²) < 4.78 is 15.1. The third-order valence-corrected chi connectivity index (χ3v) is 6.45. The highest BCUT2D eigenvalue weighted by molar-refractivity contribution is 7.26. The summed E-state index contributed by atoms with van der Waals surface area (Å²) in [5.41, 5.74) is 0.904. The summed E-state index contributed by atoms with van der Waals surface area (Å²) in [5.74, 6) is 0. The van der Waals surface area contributed by atoms with Gasteiger partial charge in [0.1, 0.15) is 0 Å². The van der Waals surface area contributed by atoms with Crippen LogP contribution in [0, 0.1) is 5.41 Å². The van der Waals surface area contributed by atoms with Gasteiger partial charge in [0.05, 0.1) is 5.60 Å². The van der Waals surface area contributed by atoms with Gasteiger partial charge in [-0.15, -0.1) is 11.3 Å². The molecule has 2 aromatic carbocycles. The number of benzene rings is 2. The summed E-state index contributed by atoms with van der Waals surface area (Å²) in [7, 11) is -0.306. The van der Waals surface area contributed by atoms with Crippen LogP contribution in [0.3, 0.4) is 0 Å². The predicted octanol–water partition coefficient (Wildman–Crippen LogP) is 4.60. The van der Waals surface area contributed by atoms with E-state index in [1.54, 1.807) is 0 Å². The summed E-state index contributed by atoms with van der Waals surface area (Å²) in [6, 6.07) is 15.0. The SMILES string of the molecule is CC1(C)COB(c2cccc3sc4ccccc4c23)OC1(C)C. The maximum Gasteiger partial charge on any atom is 0.494 e. The standard InChI is InChI=1S/C19H21BO2S/c1-18(2)12-21-20(22-19(18,3)4)14-9-7-11-16-17(14)13-8-5-6-10-15(13)23-16/h5-11H,12H2,1-4H3. The molecular formula is C19H21BO2S. The summed E-state index contributed by atoms with van der Waals surface area (Å²) in [6.07, 6.45) is 0. The van der Waals surface area contributed by atoms with Crippen LogP contribution in [0.1, 0.15) is 27.7 Å². The molecule has 2 heterocycles. The fourth-order valence-electron chi connectivity index (χ4n) is 3.07. The van der Waals surface area contributed by atoms with Gasteiger partial charge in [-0.25, -0.2) is 0 Å². The lowest BCUT2D eigenvalue weighted by Crippen LogP contribution is -2.58. The lowest BCUT2D eigenvalue weighted by atomic mass is 9.68. The van der Waals surface area contributed by atoms with E-state index < -0.39 is 0 Å². The third-order valence-electron chi connectivity index (χ3n) is 5.32. The first kappa shape index (κ1) is 15.2. The Labute approximate surface area is 141 Å². The second kappa shape index (κ2) is 5.07. The maximum atomic E-state index is 6.38. The zero-order chi connectivity index (χ0) is 16.2. The molecule has 0 spiro atoms. The van der Waals surface area contributed by atoms with Crippen LogP contribution in [0.25, 0.3) is 20.2 Å². The summed E-state index contributed by atoms with van der Waals surface area (Å²) in [4.78, 5) is 0. The highest BCUT2D eigenvalue weighted by Gasteiger charge is 2.47. The average Bonchev–Trinajstić information content (AvgIpc) is 2.88. The summed E-state index contributed by atoms with van der Waals surface area (Å²) in [5, 5.41) is 2.56. The first-order valence-corrected chi connectivity index (χ1v) is 8.90. The largest absolute Gasteiger partial charge is 0.494 e. The number of hydrogen-bond acceptors (Lipinski definition) is 3. The zero-order valence-corrected chi connectivity index (χ0v) is 14.9. The molecule has 0 atom stereocenters. The monoisotopic (exact) mass is 324 g/mol. The Morgan fingerprint density at radius 1 is 0.957 bits per heavy atom. The van der Waals surface area contributed by atoms with Crippen molar-refractivity contribution in [2.45, 2.75) is 33.3 Å². The van der Waals surface area contributed by atoms with Gasteiger partial charge in [-0.1, -0.05) is 44.2 Å². The molecule has 0 bridgehead atoms. The highest BCUT2D eigenvalue weighted by atomic mass is 32.1. The molecule has 23 heavy (non-hydrogen) atoms. The van der Waals surface area contributed by atoms with Crippen molar-refractivity contribution in [3.05, 3.63) is 42.5 Å². The van der Waals surface area contributed by atoms with Gasteiger partial charge in [-0.05, 0) is 36.8 Å². The zero-order valence-electron chi connectivity index (χ0n) is 14.1. The Balaban J connectivity index is 1.87. The van der Waals surface area contributed by atoms with Gasteiger partial charge >= 0.3 is 7.12 Å². The van der Waals surface area contributed by atoms with Crippen LogP contribution in [0.4, 0.5) is 0 Å². The van der Waals surface area contributed by atoms with E-state index in [1.807, 2.05) is 11.3 Å². The highest BCUT2D eigenvalue weighted by Crippen LogP contribution is 2.39. The average molecular weight is 324 g/mol. The molecule has 0 saturated carbocycles. The second-order valence-electron chi connectivity index (χ2n) is 7.47. The predicted molar refractivity (Wildman–Crippen MR) is 99.6 cm³/mol. The molecule has 1 fully saturated rings. The minimum Gasteiger partial charge on any atom is -0.407 e. The molecule has 3 aromatic rings. The van der Waals surface area contributed by atoms with E-state index in [4.69, 9.17) is 9.31 Å². The summed E-state index contributed by atoms with van der Waals surface area (Å²) in [6.45, 7) is 9.42. The van der Waals surface area contributed by atoms with E-state index in [-0.39, 0.29) is 18.1 Å². The number of rotatable bonds is 1. The maximum absolute atomic E-state index is 6.38. The summed E-state index contributed by atoms with van der Waals surface area (Å²) >= 11 is 1.83. The third kappa shape index (κ3) is 2.32. The fraction of sp³-hybridized carbons (Fsp3) is 0.368. The van der Waals surface area contributed by atoms with Crippen molar-refractivity contribution in [2.24, 2.45) is 5.41 Å². The van der Waals surface area contributed by atoms with Gasteiger partial charge in [0, 0.05) is 26.8 Å². The Bertz CT molecular complexity index is 881. The van der Waals surface area contributed by atoms with Crippen molar-refractivity contribution < 1.29 is 9.31 Å². The van der Waals surface area contributed by atoms with Crippen molar-refractivity contribution in [3.63, 3.8) is 0 Å². The molecule has 118 valence electrons. The Hall–Kier alpha value is -1.36. The smallest absolute Gasteiger partial charge is 0.407 e. The molecule has 4 rings (SSSR count). The molecule has 0 N–H and O–H groups in total. The second-order valence-corrected chi connectivity index (χ2v) is 8.56. The van der Waals surface area contributed by atoms with Gasteiger partial charge in [-0.2, -0.15) is 0 Å². The van der Waals surface area contributed by atoms with Gasteiger partial charge in [0.15, 0.2) is 0 Å². The van der Waals surface area contributed by atoms with E-state index in [0.717, 1.165) is 5.46 Å². The number of fused-ring (bicyclic) bond motifs is 3. The Morgan fingerprint density at radius 3 is 2.48 bits per heavy atom. The van der Waals surface area contributed by atoms with Crippen molar-refractivity contribution in [1.82, 2.24) is 0 Å². The van der Waals surface area contributed by atoms with Crippen LogP contribution < -0.4 is 5.46 Å². The van der Waals surface area contributed by atoms with Crippen LogP contribution in [-0.2, 0) is 9.31 Å². The molecule has 0 amide bonds. The first-order chi connectivity index (χ1) is 10.9. The van der Waals surface area contributed by atoms with Crippen molar-refractivity contribution in [3.8, 4) is 0 Å². The van der Waals surface area contributed by atoms with Crippen molar-refractivity contribution in [2.75, 3.05) is 6.61 Å². The lowest BCUT2D eigenvalue weighted by Gasteiger charge is -2.47. The van der Waals surface area contributed by atoms with Crippen LogP contribution in [0.5, 0.6) is 0 Å². The fourth-order valence-corrected chi connectivity index (χ4v) is 4.21. The molecule has 1 aliphatic rings. The molecule has 0 aliphatic carbocycles. The Morgan fingerprint density at radius 2 is 1.70 bits per heavy atom. The molecule has 2 nitrogen and oxygen atoms in total. The van der Waals surface area contributed by atoms with Crippen LogP contribution in [0.2, 0.25) is 0 Å². The van der Waals surface area contributed by atoms with E-state index >= 15 is 0 Å². The van der Waals surface area contributed by atoms with Gasteiger partial charge in [0.2, 0.25) is 0 Å². The van der Waals surface area contributed by atoms with Crippen LogP contribution >= 0.6 is 11.3 Å². The van der Waals surface area contributed by atoms with Crippen LogP contribution in [-0.4, -0.2) is 19.3 Å². The van der Waals surface area contributed by atoms with Gasteiger partial charge in [-0.3, -0.25) is 0 Å². The molecule has 0 unspecified atom stereocenters. The van der Waals surface area contributed by atoms with Crippen LogP contribution in [0.15, 0.2) is 42.5 Å². The molecule has 1 saturated heterocycles. The number of thiophene rings is 1. The minimum absolute atomic E-state index is 0.00584. The van der Waals surface area contributed by atoms with E-state index in [9.17, 15) is 0 Å². The van der Waals surface area contributed by atoms with Gasteiger partial charge in [0.25, 0.3) is 0 Å². The number of hydrogen-bond donors (Lipinski definition) is 0. The molecule has 1 aliphatic heterocycles. The normalized spacial score (nSPS) is 20.3.